The summed E-state index contributed by atoms with van der Waals surface area (Å²) in [6, 6.07) is 4.39. The maximum Gasteiger partial charge on any atom is 0.0468 e. The van der Waals surface area contributed by atoms with Gasteiger partial charge in [0, 0.05) is 16.9 Å². The van der Waals surface area contributed by atoms with Crippen molar-refractivity contribution in [1.82, 2.24) is 0 Å². The van der Waals surface area contributed by atoms with Crippen LogP contribution >= 0.6 is 11.3 Å². The van der Waals surface area contributed by atoms with Crippen LogP contribution in [-0.4, -0.2) is 11.7 Å². The molecule has 0 amide bonds. The summed E-state index contributed by atoms with van der Waals surface area (Å²) in [5, 5.41) is 11.5. The van der Waals surface area contributed by atoms with E-state index in [1.165, 1.54) is 43.4 Å². The quantitative estimate of drug-likeness (QED) is 0.713. The van der Waals surface area contributed by atoms with Crippen LogP contribution in [0.1, 0.15) is 50.3 Å². The van der Waals surface area contributed by atoms with Crippen LogP contribution in [0.25, 0.3) is 0 Å². The second-order valence-electron chi connectivity index (χ2n) is 5.03. The SMILES string of the molecule is CCCCCC[C@@]1(c2cccs2)C[C@@H]1CO. The molecule has 0 unspecified atom stereocenters. The zero-order valence-electron chi connectivity index (χ0n) is 10.1. The third kappa shape index (κ3) is 2.33. The Morgan fingerprint density at radius 2 is 2.31 bits per heavy atom. The normalized spacial score (nSPS) is 28.2. The topological polar surface area (TPSA) is 20.2 Å². The van der Waals surface area contributed by atoms with E-state index in [0.717, 1.165) is 0 Å². The summed E-state index contributed by atoms with van der Waals surface area (Å²) in [5.74, 6) is 0.535. The Bertz CT molecular complexity index is 307. The van der Waals surface area contributed by atoms with E-state index in [4.69, 9.17) is 0 Å². The van der Waals surface area contributed by atoms with Gasteiger partial charge in [-0.15, -0.1) is 11.3 Å². The summed E-state index contributed by atoms with van der Waals surface area (Å²) in [6.07, 6.45) is 7.80. The van der Waals surface area contributed by atoms with Crippen LogP contribution in [0, 0.1) is 5.92 Å². The molecule has 0 bridgehead atoms. The second-order valence-corrected chi connectivity index (χ2v) is 5.98. The van der Waals surface area contributed by atoms with E-state index >= 15 is 0 Å². The third-order valence-electron chi connectivity index (χ3n) is 3.94. The highest BCUT2D eigenvalue weighted by molar-refractivity contribution is 7.10. The first-order valence-electron chi connectivity index (χ1n) is 6.48. The molecular formula is C14H22OS. The molecule has 1 heterocycles. The van der Waals surface area contributed by atoms with Crippen molar-refractivity contribution in [3.8, 4) is 0 Å². The highest BCUT2D eigenvalue weighted by atomic mass is 32.1. The number of hydrogen-bond donors (Lipinski definition) is 1. The minimum absolute atomic E-state index is 0.358. The van der Waals surface area contributed by atoms with Crippen molar-refractivity contribution in [3.05, 3.63) is 22.4 Å². The standard InChI is InChI=1S/C14H22OS/c1-2-3-4-5-8-14(10-12(14)11-15)13-7-6-9-16-13/h6-7,9,12,15H,2-5,8,10-11H2,1H3/t12-,14-/m1/s1. The Morgan fingerprint density at radius 3 is 2.88 bits per heavy atom. The monoisotopic (exact) mass is 238 g/mol. The molecule has 90 valence electrons. The van der Waals surface area contributed by atoms with Gasteiger partial charge < -0.3 is 5.11 Å². The van der Waals surface area contributed by atoms with Gasteiger partial charge in [0.25, 0.3) is 0 Å². The van der Waals surface area contributed by atoms with E-state index in [2.05, 4.69) is 24.4 Å². The summed E-state index contributed by atoms with van der Waals surface area (Å²) < 4.78 is 0. The van der Waals surface area contributed by atoms with Crippen molar-refractivity contribution in [2.45, 2.75) is 50.9 Å². The lowest BCUT2D eigenvalue weighted by Crippen LogP contribution is -2.10. The van der Waals surface area contributed by atoms with Gasteiger partial charge in [-0.25, -0.2) is 0 Å². The predicted molar refractivity (Wildman–Crippen MR) is 69.9 cm³/mol. The average Bonchev–Trinajstić information content (AvgIpc) is 2.76. The third-order valence-corrected chi connectivity index (χ3v) is 5.03. The maximum atomic E-state index is 9.35. The molecule has 2 rings (SSSR count). The summed E-state index contributed by atoms with van der Waals surface area (Å²) >= 11 is 1.86. The number of aliphatic hydroxyl groups is 1. The molecule has 0 radical (unpaired) electrons. The van der Waals surface area contributed by atoms with E-state index in [0.29, 0.717) is 17.9 Å². The van der Waals surface area contributed by atoms with Crippen molar-refractivity contribution < 1.29 is 5.11 Å². The smallest absolute Gasteiger partial charge is 0.0468 e. The van der Waals surface area contributed by atoms with Crippen molar-refractivity contribution >= 4 is 11.3 Å². The molecule has 16 heavy (non-hydrogen) atoms. The maximum absolute atomic E-state index is 9.35. The molecule has 2 atom stereocenters. The van der Waals surface area contributed by atoms with Crippen molar-refractivity contribution in [1.29, 1.82) is 0 Å². The molecule has 0 aliphatic heterocycles. The molecule has 1 nitrogen and oxygen atoms in total. The lowest BCUT2D eigenvalue weighted by molar-refractivity contribution is 0.261. The fourth-order valence-corrected chi connectivity index (χ4v) is 3.83. The van der Waals surface area contributed by atoms with Crippen LogP contribution in [0.15, 0.2) is 17.5 Å². The number of hydrogen-bond acceptors (Lipinski definition) is 2. The van der Waals surface area contributed by atoms with Gasteiger partial charge in [-0.05, 0) is 30.2 Å². The molecule has 1 aliphatic carbocycles. The minimum atomic E-state index is 0.358. The number of aliphatic hydroxyl groups excluding tert-OH is 1. The first kappa shape index (κ1) is 12.1. The zero-order chi connectivity index (χ0) is 11.4. The van der Waals surface area contributed by atoms with Gasteiger partial charge in [0.2, 0.25) is 0 Å². The summed E-state index contributed by atoms with van der Waals surface area (Å²) in [6.45, 7) is 2.62. The summed E-state index contributed by atoms with van der Waals surface area (Å²) in [4.78, 5) is 1.50. The Balaban J connectivity index is 1.91. The minimum Gasteiger partial charge on any atom is -0.396 e. The predicted octanol–water partition coefficient (Wildman–Crippen LogP) is 3.97. The highest BCUT2D eigenvalue weighted by Gasteiger charge is 2.54. The zero-order valence-corrected chi connectivity index (χ0v) is 10.9. The van der Waals surface area contributed by atoms with Gasteiger partial charge in [0.1, 0.15) is 0 Å². The van der Waals surface area contributed by atoms with Gasteiger partial charge in [0.15, 0.2) is 0 Å². The van der Waals surface area contributed by atoms with Crippen LogP contribution in [-0.2, 0) is 5.41 Å². The molecule has 1 aromatic rings. The van der Waals surface area contributed by atoms with E-state index in [1.807, 2.05) is 11.3 Å². The summed E-state index contributed by atoms with van der Waals surface area (Å²) in [7, 11) is 0. The van der Waals surface area contributed by atoms with E-state index in [9.17, 15) is 5.11 Å². The van der Waals surface area contributed by atoms with E-state index in [-0.39, 0.29) is 0 Å². The Kier molecular flexibility index (Phi) is 4.04. The van der Waals surface area contributed by atoms with Gasteiger partial charge in [-0.1, -0.05) is 38.7 Å². The molecule has 0 saturated heterocycles. The summed E-state index contributed by atoms with van der Waals surface area (Å²) in [5.41, 5.74) is 0.358. The molecule has 0 spiro atoms. The molecule has 1 N–H and O–H groups in total. The van der Waals surface area contributed by atoms with Gasteiger partial charge in [-0.3, -0.25) is 0 Å². The fraction of sp³-hybridized carbons (Fsp3) is 0.714. The molecule has 2 heteroatoms. The van der Waals surface area contributed by atoms with Crippen LogP contribution in [0.2, 0.25) is 0 Å². The molecule has 1 fully saturated rings. The van der Waals surface area contributed by atoms with Crippen LogP contribution in [0.4, 0.5) is 0 Å². The van der Waals surface area contributed by atoms with Gasteiger partial charge in [-0.2, -0.15) is 0 Å². The average molecular weight is 238 g/mol. The first-order valence-corrected chi connectivity index (χ1v) is 7.36. The first-order chi connectivity index (χ1) is 7.83. The van der Waals surface area contributed by atoms with E-state index in [1.54, 1.807) is 0 Å². The Morgan fingerprint density at radius 1 is 1.44 bits per heavy atom. The molecule has 1 aromatic heterocycles. The molecule has 1 aliphatic rings. The molecule has 1 saturated carbocycles. The van der Waals surface area contributed by atoms with Crippen molar-refractivity contribution in [2.75, 3.05) is 6.61 Å². The fourth-order valence-electron chi connectivity index (χ4n) is 2.78. The van der Waals surface area contributed by atoms with Gasteiger partial charge in [0.05, 0.1) is 0 Å². The second kappa shape index (κ2) is 5.33. The number of unbranched alkanes of at least 4 members (excludes halogenated alkanes) is 3. The number of rotatable bonds is 7. The van der Waals surface area contributed by atoms with Crippen molar-refractivity contribution in [3.63, 3.8) is 0 Å². The molecule has 0 aromatic carbocycles. The van der Waals surface area contributed by atoms with Crippen molar-refractivity contribution in [2.24, 2.45) is 5.92 Å². The Hall–Kier alpha value is -0.340. The largest absolute Gasteiger partial charge is 0.396 e. The van der Waals surface area contributed by atoms with E-state index < -0.39 is 0 Å². The number of thiophene rings is 1. The van der Waals surface area contributed by atoms with Crippen LogP contribution in [0.3, 0.4) is 0 Å². The lowest BCUT2D eigenvalue weighted by atomic mass is 9.93. The molecular weight excluding hydrogens is 216 g/mol. The Labute approximate surface area is 103 Å². The highest BCUT2D eigenvalue weighted by Crippen LogP contribution is 2.58. The lowest BCUT2D eigenvalue weighted by Gasteiger charge is -2.15. The van der Waals surface area contributed by atoms with Crippen LogP contribution < -0.4 is 0 Å². The van der Waals surface area contributed by atoms with Gasteiger partial charge >= 0.3 is 0 Å². The van der Waals surface area contributed by atoms with Crippen LogP contribution in [0.5, 0.6) is 0 Å².